The molecule has 120 valence electrons. The summed E-state index contributed by atoms with van der Waals surface area (Å²) in [5.41, 5.74) is 2.57. The predicted octanol–water partition coefficient (Wildman–Crippen LogP) is 4.64. The second-order valence-electron chi connectivity index (χ2n) is 8.65. The number of fused-ring (bicyclic) bond motifs is 2. The Labute approximate surface area is 134 Å². The fourth-order valence-electron chi connectivity index (χ4n) is 5.43. The van der Waals surface area contributed by atoms with Gasteiger partial charge in [-0.25, -0.2) is 0 Å². The van der Waals surface area contributed by atoms with Gasteiger partial charge in [0.25, 0.3) is 0 Å². The van der Waals surface area contributed by atoms with E-state index in [4.69, 9.17) is 0 Å². The molecule has 1 fully saturated rings. The maximum Gasteiger partial charge on any atom is 0.185 e. The number of allylic oxidation sites excluding steroid dienone is 4. The minimum Gasteiger partial charge on any atom is -0.290 e. The fourth-order valence-corrected chi connectivity index (χ4v) is 5.43. The van der Waals surface area contributed by atoms with E-state index in [0.29, 0.717) is 11.5 Å². The van der Waals surface area contributed by atoms with E-state index in [9.17, 15) is 9.59 Å². The zero-order valence-corrected chi connectivity index (χ0v) is 14.6. The van der Waals surface area contributed by atoms with Gasteiger partial charge in [0.2, 0.25) is 0 Å². The van der Waals surface area contributed by atoms with E-state index in [-0.39, 0.29) is 28.3 Å². The van der Waals surface area contributed by atoms with Gasteiger partial charge in [-0.15, -0.1) is 0 Å². The summed E-state index contributed by atoms with van der Waals surface area (Å²) in [4.78, 5) is 25.7. The molecule has 0 saturated heterocycles. The zero-order valence-electron chi connectivity index (χ0n) is 14.6. The van der Waals surface area contributed by atoms with Gasteiger partial charge >= 0.3 is 0 Å². The molecular weight excluding hydrogens is 272 g/mol. The van der Waals surface area contributed by atoms with E-state index in [2.05, 4.69) is 20.8 Å². The third-order valence-electron chi connectivity index (χ3n) is 6.48. The van der Waals surface area contributed by atoms with Gasteiger partial charge in [-0.05, 0) is 49.0 Å². The lowest BCUT2D eigenvalue weighted by atomic mass is 9.49. The van der Waals surface area contributed by atoms with Crippen LogP contribution in [0.25, 0.3) is 0 Å². The van der Waals surface area contributed by atoms with Crippen molar-refractivity contribution >= 4 is 11.6 Å². The number of Topliss-reactive ketones (excluding diaryl/α,β-unsaturated/α-hetero) is 1. The first-order valence-corrected chi connectivity index (χ1v) is 8.73. The number of carbonyl (C=O) groups excluding carboxylic acids is 2. The molecule has 2 nitrogen and oxygen atoms in total. The van der Waals surface area contributed by atoms with Crippen molar-refractivity contribution in [3.05, 3.63) is 22.8 Å². The van der Waals surface area contributed by atoms with E-state index < -0.39 is 0 Å². The molecule has 1 saturated carbocycles. The van der Waals surface area contributed by atoms with E-state index in [0.717, 1.165) is 36.8 Å². The number of rotatable bonds is 1. The summed E-state index contributed by atoms with van der Waals surface area (Å²) >= 11 is 0. The standard InChI is InChI=1S/C20H28O2/c1-12(2)14-11-15(21)17-13(18(14)22)7-8-16-19(3,4)9-6-10-20(16,17)5/h11-12,16H,6-10H2,1-5H3/t16?,20-/m0/s1. The topological polar surface area (TPSA) is 34.1 Å². The maximum atomic E-state index is 12.9. The van der Waals surface area contributed by atoms with Crippen molar-refractivity contribution in [1.29, 1.82) is 0 Å². The van der Waals surface area contributed by atoms with Gasteiger partial charge in [-0.2, -0.15) is 0 Å². The third kappa shape index (κ3) is 2.06. The Morgan fingerprint density at radius 2 is 1.82 bits per heavy atom. The lowest BCUT2D eigenvalue weighted by molar-refractivity contribution is -0.119. The lowest BCUT2D eigenvalue weighted by Gasteiger charge is -2.55. The van der Waals surface area contributed by atoms with Crippen molar-refractivity contribution in [3.63, 3.8) is 0 Å². The first-order valence-electron chi connectivity index (χ1n) is 8.73. The Hall–Kier alpha value is -1.18. The smallest absolute Gasteiger partial charge is 0.185 e. The van der Waals surface area contributed by atoms with Gasteiger partial charge in [0.1, 0.15) is 0 Å². The molecule has 0 bridgehead atoms. The molecule has 2 heteroatoms. The molecular formula is C20H28O2. The summed E-state index contributed by atoms with van der Waals surface area (Å²) < 4.78 is 0. The van der Waals surface area contributed by atoms with Crippen molar-refractivity contribution < 1.29 is 9.59 Å². The largest absolute Gasteiger partial charge is 0.290 e. The highest BCUT2D eigenvalue weighted by atomic mass is 16.1. The Balaban J connectivity index is 2.11. The molecule has 3 aliphatic carbocycles. The van der Waals surface area contributed by atoms with Crippen LogP contribution in [0.4, 0.5) is 0 Å². The number of hydrogen-bond donors (Lipinski definition) is 0. The van der Waals surface area contributed by atoms with Crippen LogP contribution in [0.3, 0.4) is 0 Å². The number of ketones is 2. The molecule has 0 aliphatic heterocycles. The molecule has 0 aromatic heterocycles. The molecule has 0 radical (unpaired) electrons. The summed E-state index contributed by atoms with van der Waals surface area (Å²) in [7, 11) is 0. The predicted molar refractivity (Wildman–Crippen MR) is 88.4 cm³/mol. The van der Waals surface area contributed by atoms with Crippen molar-refractivity contribution in [2.24, 2.45) is 22.7 Å². The highest BCUT2D eigenvalue weighted by Crippen LogP contribution is 2.60. The van der Waals surface area contributed by atoms with Crippen LogP contribution in [0.2, 0.25) is 0 Å². The van der Waals surface area contributed by atoms with Gasteiger partial charge in [0.05, 0.1) is 0 Å². The Morgan fingerprint density at radius 1 is 1.14 bits per heavy atom. The molecule has 0 heterocycles. The average molecular weight is 300 g/mol. The van der Waals surface area contributed by atoms with Crippen molar-refractivity contribution in [2.45, 2.75) is 66.7 Å². The second-order valence-corrected chi connectivity index (χ2v) is 8.65. The van der Waals surface area contributed by atoms with Crippen molar-refractivity contribution in [1.82, 2.24) is 0 Å². The number of carbonyl (C=O) groups is 2. The van der Waals surface area contributed by atoms with Gasteiger partial charge in [0.15, 0.2) is 11.6 Å². The molecule has 0 amide bonds. The molecule has 3 rings (SSSR count). The van der Waals surface area contributed by atoms with Gasteiger partial charge in [-0.1, -0.05) is 41.0 Å². The SMILES string of the molecule is CC(C)C1=CC(=O)C2=C(CCC3C(C)(C)CCC[C@]23C)C1=O. The quantitative estimate of drug-likeness (QED) is 0.661. The van der Waals surface area contributed by atoms with Gasteiger partial charge < -0.3 is 0 Å². The van der Waals surface area contributed by atoms with Crippen LogP contribution in [0.15, 0.2) is 22.8 Å². The molecule has 0 aromatic carbocycles. The van der Waals surface area contributed by atoms with Crippen molar-refractivity contribution in [2.75, 3.05) is 0 Å². The molecule has 0 N–H and O–H groups in total. The first-order chi connectivity index (χ1) is 10.2. The minimum absolute atomic E-state index is 0.110. The Kier molecular flexibility index (Phi) is 3.50. The van der Waals surface area contributed by atoms with Gasteiger partial charge in [0, 0.05) is 22.1 Å². The zero-order chi connectivity index (χ0) is 16.3. The van der Waals surface area contributed by atoms with Crippen LogP contribution in [-0.4, -0.2) is 11.6 Å². The summed E-state index contributed by atoms with van der Waals surface area (Å²) in [6.07, 6.45) is 6.90. The van der Waals surface area contributed by atoms with Gasteiger partial charge in [-0.3, -0.25) is 9.59 Å². The van der Waals surface area contributed by atoms with Crippen LogP contribution < -0.4 is 0 Å². The third-order valence-corrected chi connectivity index (χ3v) is 6.48. The second kappa shape index (κ2) is 4.91. The van der Waals surface area contributed by atoms with Crippen molar-refractivity contribution in [3.8, 4) is 0 Å². The first kappa shape index (κ1) is 15.7. The summed E-state index contributed by atoms with van der Waals surface area (Å²) in [5, 5.41) is 0. The molecule has 2 atom stereocenters. The van der Waals surface area contributed by atoms with E-state index in [1.54, 1.807) is 6.08 Å². The summed E-state index contributed by atoms with van der Waals surface area (Å²) in [6.45, 7) is 10.9. The van der Waals surface area contributed by atoms with E-state index in [1.807, 2.05) is 13.8 Å². The molecule has 0 spiro atoms. The van der Waals surface area contributed by atoms with E-state index in [1.165, 1.54) is 6.42 Å². The van der Waals surface area contributed by atoms with Crippen LogP contribution in [-0.2, 0) is 9.59 Å². The monoisotopic (exact) mass is 300 g/mol. The Bertz CT molecular complexity index is 603. The van der Waals surface area contributed by atoms with Crippen LogP contribution in [0.1, 0.15) is 66.7 Å². The number of hydrogen-bond acceptors (Lipinski definition) is 2. The minimum atomic E-state index is -0.110. The molecule has 0 aromatic rings. The highest BCUT2D eigenvalue weighted by Gasteiger charge is 2.53. The summed E-state index contributed by atoms with van der Waals surface area (Å²) in [5.74, 6) is 0.896. The lowest BCUT2D eigenvalue weighted by Crippen LogP contribution is -2.48. The fraction of sp³-hybridized carbons (Fsp3) is 0.700. The molecule has 1 unspecified atom stereocenters. The highest BCUT2D eigenvalue weighted by molar-refractivity contribution is 6.23. The van der Waals surface area contributed by atoms with Crippen LogP contribution >= 0.6 is 0 Å². The average Bonchev–Trinajstić information content (AvgIpc) is 2.40. The summed E-state index contributed by atoms with van der Waals surface area (Å²) in [6, 6.07) is 0. The maximum absolute atomic E-state index is 12.9. The molecule has 3 aliphatic rings. The van der Waals surface area contributed by atoms with Crippen LogP contribution in [0, 0.1) is 22.7 Å². The van der Waals surface area contributed by atoms with E-state index >= 15 is 0 Å². The van der Waals surface area contributed by atoms with Crippen LogP contribution in [0.5, 0.6) is 0 Å². The molecule has 22 heavy (non-hydrogen) atoms. The Morgan fingerprint density at radius 3 is 2.45 bits per heavy atom. The normalized spacial score (nSPS) is 34.5.